The zero-order valence-electron chi connectivity index (χ0n) is 19.0. The van der Waals surface area contributed by atoms with Gasteiger partial charge >= 0.3 is 5.97 Å². The molecular weight excluding hydrogens is 396 g/mol. The molecule has 0 aliphatic heterocycles. The molecule has 0 saturated heterocycles. The summed E-state index contributed by atoms with van der Waals surface area (Å²) in [6, 6.07) is 13.3. The molecule has 0 bridgehead atoms. The fraction of sp³-hybridized carbons (Fsp3) is 0.500. The number of amides is 1. The van der Waals surface area contributed by atoms with E-state index in [9.17, 15) is 9.59 Å². The average Bonchev–Trinajstić information content (AvgIpc) is 3.18. The van der Waals surface area contributed by atoms with Gasteiger partial charge in [-0.25, -0.2) is 0 Å². The largest absolute Gasteiger partial charge is 0.465 e. The Morgan fingerprint density at radius 2 is 1.84 bits per heavy atom. The quantitative estimate of drug-likeness (QED) is 0.455. The molecule has 7 heteroatoms. The molecule has 1 amide bonds. The second-order valence-corrected chi connectivity index (χ2v) is 7.45. The number of ether oxygens (including phenoxy) is 2. The lowest BCUT2D eigenvalue weighted by atomic mass is 10.1. The summed E-state index contributed by atoms with van der Waals surface area (Å²) < 4.78 is 16.0. The third kappa shape index (κ3) is 8.19. The van der Waals surface area contributed by atoms with Crippen LogP contribution in [0.25, 0.3) is 0 Å². The number of carbonyl (C=O) groups excluding carboxylic acids is 2. The second kappa shape index (κ2) is 12.9. The van der Waals surface area contributed by atoms with Gasteiger partial charge in [0.1, 0.15) is 17.6 Å². The van der Waals surface area contributed by atoms with E-state index in [1.807, 2.05) is 49.4 Å². The van der Waals surface area contributed by atoms with Gasteiger partial charge in [-0.3, -0.25) is 14.5 Å². The topological polar surface area (TPSA) is 72.2 Å². The van der Waals surface area contributed by atoms with Gasteiger partial charge in [0.05, 0.1) is 26.3 Å². The molecule has 0 spiro atoms. The number of benzene rings is 1. The minimum atomic E-state index is -0.541. The van der Waals surface area contributed by atoms with Gasteiger partial charge in [-0.05, 0) is 44.9 Å². The molecule has 0 aliphatic carbocycles. The predicted molar refractivity (Wildman–Crippen MR) is 119 cm³/mol. The van der Waals surface area contributed by atoms with Crippen molar-refractivity contribution in [3.63, 3.8) is 0 Å². The van der Waals surface area contributed by atoms with E-state index in [1.54, 1.807) is 30.8 Å². The van der Waals surface area contributed by atoms with Gasteiger partial charge in [0.25, 0.3) is 0 Å². The van der Waals surface area contributed by atoms with Crippen molar-refractivity contribution >= 4 is 11.9 Å². The number of rotatable bonds is 13. The number of aryl methyl sites for hydroxylation is 1. The molecule has 1 aromatic heterocycles. The SMILES string of the molecule is CCOC(=O)[C@H](C)N(CCOC)CC(=O)N(CCc1ccccc1)Cc1ccc(C)o1. The van der Waals surface area contributed by atoms with Crippen molar-refractivity contribution in [2.45, 2.75) is 39.8 Å². The number of hydrogen-bond donors (Lipinski definition) is 0. The van der Waals surface area contributed by atoms with Crippen molar-refractivity contribution in [1.29, 1.82) is 0 Å². The van der Waals surface area contributed by atoms with Crippen LogP contribution in [0, 0.1) is 6.92 Å². The fourth-order valence-electron chi connectivity index (χ4n) is 3.26. The fourth-order valence-corrected chi connectivity index (χ4v) is 3.26. The van der Waals surface area contributed by atoms with Crippen molar-refractivity contribution < 1.29 is 23.5 Å². The van der Waals surface area contributed by atoms with E-state index in [1.165, 1.54) is 0 Å². The summed E-state index contributed by atoms with van der Waals surface area (Å²) >= 11 is 0. The standard InChI is InChI=1S/C24H34N2O5/c1-5-30-24(28)20(3)25(15-16-29-4)18-23(27)26(17-22-12-11-19(2)31-22)14-13-21-9-7-6-8-10-21/h6-12,20H,5,13-18H2,1-4H3/t20-/m0/s1. The minimum Gasteiger partial charge on any atom is -0.465 e. The van der Waals surface area contributed by atoms with Crippen molar-refractivity contribution in [3.8, 4) is 0 Å². The third-order valence-electron chi connectivity index (χ3n) is 5.11. The Balaban J connectivity index is 2.12. The number of carbonyl (C=O) groups is 2. The molecule has 2 aromatic rings. The van der Waals surface area contributed by atoms with Crippen molar-refractivity contribution in [1.82, 2.24) is 9.80 Å². The Morgan fingerprint density at radius 3 is 2.45 bits per heavy atom. The Kier molecular flexibility index (Phi) is 10.3. The van der Waals surface area contributed by atoms with E-state index in [0.717, 1.165) is 23.5 Å². The molecule has 1 aromatic carbocycles. The van der Waals surface area contributed by atoms with Gasteiger partial charge in [0.2, 0.25) is 5.91 Å². The van der Waals surface area contributed by atoms with Gasteiger partial charge in [-0.1, -0.05) is 30.3 Å². The van der Waals surface area contributed by atoms with E-state index in [0.29, 0.717) is 32.8 Å². The zero-order chi connectivity index (χ0) is 22.6. The van der Waals surface area contributed by atoms with Crippen LogP contribution >= 0.6 is 0 Å². The zero-order valence-corrected chi connectivity index (χ0v) is 19.0. The summed E-state index contributed by atoms with van der Waals surface area (Å²) in [5, 5.41) is 0. The molecule has 0 radical (unpaired) electrons. The van der Waals surface area contributed by atoms with Crippen LogP contribution in [0.1, 0.15) is 30.9 Å². The van der Waals surface area contributed by atoms with E-state index in [2.05, 4.69) is 0 Å². The van der Waals surface area contributed by atoms with Gasteiger partial charge in [0, 0.05) is 20.2 Å². The van der Waals surface area contributed by atoms with Crippen LogP contribution in [-0.2, 0) is 32.0 Å². The highest BCUT2D eigenvalue weighted by Crippen LogP contribution is 2.13. The lowest BCUT2D eigenvalue weighted by Crippen LogP contribution is -2.48. The normalized spacial score (nSPS) is 12.0. The van der Waals surface area contributed by atoms with Crippen molar-refractivity contribution in [2.24, 2.45) is 0 Å². The molecule has 7 nitrogen and oxygen atoms in total. The Morgan fingerprint density at radius 1 is 1.10 bits per heavy atom. The molecule has 1 heterocycles. The van der Waals surface area contributed by atoms with Crippen molar-refractivity contribution in [2.75, 3.05) is 40.0 Å². The monoisotopic (exact) mass is 430 g/mol. The van der Waals surface area contributed by atoms with Crippen LogP contribution in [0.3, 0.4) is 0 Å². The number of esters is 1. The highest BCUT2D eigenvalue weighted by atomic mass is 16.5. The van der Waals surface area contributed by atoms with Crippen LogP contribution in [0.2, 0.25) is 0 Å². The Hall–Kier alpha value is -2.64. The van der Waals surface area contributed by atoms with E-state index in [-0.39, 0.29) is 18.4 Å². The molecular formula is C24H34N2O5. The maximum atomic E-state index is 13.3. The Bertz CT molecular complexity index is 805. The first-order valence-electron chi connectivity index (χ1n) is 10.7. The van der Waals surface area contributed by atoms with Crippen molar-refractivity contribution in [3.05, 3.63) is 59.5 Å². The first-order valence-corrected chi connectivity index (χ1v) is 10.7. The highest BCUT2D eigenvalue weighted by molar-refractivity contribution is 5.80. The molecule has 1 atom stereocenters. The summed E-state index contributed by atoms with van der Waals surface area (Å²) in [6.07, 6.45) is 0.734. The summed E-state index contributed by atoms with van der Waals surface area (Å²) in [7, 11) is 1.60. The van der Waals surface area contributed by atoms with Gasteiger partial charge < -0.3 is 18.8 Å². The van der Waals surface area contributed by atoms with Crippen LogP contribution in [0.15, 0.2) is 46.9 Å². The van der Waals surface area contributed by atoms with Gasteiger partial charge in [-0.15, -0.1) is 0 Å². The molecule has 0 aliphatic rings. The first kappa shape index (κ1) is 24.6. The lowest BCUT2D eigenvalue weighted by molar-refractivity contribution is -0.150. The Labute approximate surface area is 184 Å². The predicted octanol–water partition coefficient (Wildman–Crippen LogP) is 3.06. The van der Waals surface area contributed by atoms with Crippen LogP contribution < -0.4 is 0 Å². The number of furan rings is 1. The number of hydrogen-bond acceptors (Lipinski definition) is 6. The van der Waals surface area contributed by atoms with E-state index >= 15 is 0 Å². The van der Waals surface area contributed by atoms with Crippen LogP contribution in [0.4, 0.5) is 0 Å². The minimum absolute atomic E-state index is 0.0720. The molecule has 0 N–H and O–H groups in total. The summed E-state index contributed by atoms with van der Waals surface area (Å²) in [4.78, 5) is 29.1. The summed E-state index contributed by atoms with van der Waals surface area (Å²) in [5.74, 6) is 1.13. The molecule has 0 fully saturated rings. The van der Waals surface area contributed by atoms with Gasteiger partial charge in [-0.2, -0.15) is 0 Å². The first-order chi connectivity index (χ1) is 14.9. The number of nitrogens with zero attached hydrogens (tertiary/aromatic N) is 2. The van der Waals surface area contributed by atoms with Crippen LogP contribution in [-0.4, -0.2) is 67.7 Å². The van der Waals surface area contributed by atoms with E-state index in [4.69, 9.17) is 13.9 Å². The van der Waals surface area contributed by atoms with Gasteiger partial charge in [0.15, 0.2) is 0 Å². The number of methoxy groups -OCH3 is 1. The average molecular weight is 431 g/mol. The van der Waals surface area contributed by atoms with E-state index < -0.39 is 6.04 Å². The molecule has 2 rings (SSSR count). The molecule has 0 saturated carbocycles. The van der Waals surface area contributed by atoms with Crippen LogP contribution in [0.5, 0.6) is 0 Å². The second-order valence-electron chi connectivity index (χ2n) is 7.45. The highest BCUT2D eigenvalue weighted by Gasteiger charge is 2.26. The maximum Gasteiger partial charge on any atom is 0.323 e. The summed E-state index contributed by atoms with van der Waals surface area (Å²) in [5.41, 5.74) is 1.16. The lowest BCUT2D eigenvalue weighted by Gasteiger charge is -2.30. The maximum absolute atomic E-state index is 13.3. The summed E-state index contributed by atoms with van der Waals surface area (Å²) in [6.45, 7) is 7.60. The third-order valence-corrected chi connectivity index (χ3v) is 5.11. The molecule has 0 unspecified atom stereocenters. The molecule has 31 heavy (non-hydrogen) atoms. The molecule has 170 valence electrons. The smallest absolute Gasteiger partial charge is 0.323 e.